The summed E-state index contributed by atoms with van der Waals surface area (Å²) in [5, 5.41) is -0.465. The number of aliphatic imine (C=N–C) groups is 1. The van der Waals surface area contributed by atoms with Gasteiger partial charge in [-0.25, -0.2) is 0 Å². The largest absolute Gasteiger partial charge is 0.488 e. The highest BCUT2D eigenvalue weighted by Gasteiger charge is 2.00. The van der Waals surface area contributed by atoms with Gasteiger partial charge in [0.25, 0.3) is 5.24 Å². The van der Waals surface area contributed by atoms with Gasteiger partial charge in [0, 0.05) is 24.2 Å². The minimum atomic E-state index is -0.465. The van der Waals surface area contributed by atoms with E-state index in [1.54, 1.807) is 30.5 Å². The molecule has 0 aromatic heterocycles. The normalized spacial score (nSPS) is 10.9. The zero-order chi connectivity index (χ0) is 14.6. The molecule has 110 valence electrons. The van der Waals surface area contributed by atoms with E-state index in [1.807, 2.05) is 0 Å². The van der Waals surface area contributed by atoms with Crippen LogP contribution in [0.3, 0.4) is 0 Å². The molecule has 3 nitrogen and oxygen atoms in total. The molecular formula is C15H19Cl2NO2. The van der Waals surface area contributed by atoms with Crippen LogP contribution in [-0.4, -0.2) is 30.5 Å². The third-order valence-electron chi connectivity index (χ3n) is 2.71. The van der Waals surface area contributed by atoms with E-state index in [9.17, 15) is 4.79 Å². The molecule has 0 atom stereocenters. The molecule has 0 aliphatic rings. The van der Waals surface area contributed by atoms with Crippen LogP contribution in [-0.2, 0) is 0 Å². The van der Waals surface area contributed by atoms with Crippen molar-refractivity contribution < 1.29 is 9.53 Å². The molecule has 1 aromatic rings. The molecule has 5 heteroatoms. The zero-order valence-corrected chi connectivity index (χ0v) is 12.9. The second-order valence-electron chi connectivity index (χ2n) is 4.30. The molecule has 0 unspecified atom stereocenters. The van der Waals surface area contributed by atoms with E-state index in [0.717, 1.165) is 25.3 Å². The van der Waals surface area contributed by atoms with Crippen molar-refractivity contribution in [3.8, 4) is 5.75 Å². The maximum Gasteiger partial charge on any atom is 0.252 e. The third kappa shape index (κ3) is 7.51. The van der Waals surface area contributed by atoms with Crippen molar-refractivity contribution in [1.82, 2.24) is 0 Å². The molecule has 20 heavy (non-hydrogen) atoms. The monoisotopic (exact) mass is 315 g/mol. The Morgan fingerprint density at radius 3 is 2.50 bits per heavy atom. The molecule has 0 aliphatic heterocycles. The van der Waals surface area contributed by atoms with E-state index in [1.165, 1.54) is 12.8 Å². The lowest BCUT2D eigenvalue weighted by atomic mass is 10.2. The van der Waals surface area contributed by atoms with Crippen molar-refractivity contribution in [3.63, 3.8) is 0 Å². The van der Waals surface area contributed by atoms with Crippen LogP contribution in [0, 0.1) is 0 Å². The Morgan fingerprint density at radius 2 is 1.85 bits per heavy atom. The smallest absolute Gasteiger partial charge is 0.252 e. The molecule has 1 rings (SSSR count). The fourth-order valence-corrected chi connectivity index (χ4v) is 1.93. The van der Waals surface area contributed by atoms with Gasteiger partial charge >= 0.3 is 0 Å². The average Bonchev–Trinajstić information content (AvgIpc) is 2.46. The Labute approximate surface area is 129 Å². The number of ether oxygens (including phenoxy) is 1. The van der Waals surface area contributed by atoms with Gasteiger partial charge < -0.3 is 4.74 Å². The molecule has 0 fully saturated rings. The molecule has 0 radical (unpaired) electrons. The van der Waals surface area contributed by atoms with Gasteiger partial charge in [-0.2, -0.15) is 0 Å². The molecule has 0 saturated carbocycles. The van der Waals surface area contributed by atoms with E-state index < -0.39 is 5.24 Å². The van der Waals surface area contributed by atoms with Gasteiger partial charge in [0.05, 0.1) is 0 Å². The predicted octanol–water partition coefficient (Wildman–Crippen LogP) is 4.31. The maximum atomic E-state index is 10.9. The number of hydrogen-bond acceptors (Lipinski definition) is 3. The average molecular weight is 316 g/mol. The third-order valence-corrected chi connectivity index (χ3v) is 3.19. The minimum absolute atomic E-state index is 0.426. The second-order valence-corrected chi connectivity index (χ2v) is 5.02. The predicted molar refractivity (Wildman–Crippen MR) is 84.7 cm³/mol. The number of alkyl halides is 1. The Morgan fingerprint density at radius 1 is 1.15 bits per heavy atom. The summed E-state index contributed by atoms with van der Waals surface area (Å²) in [6.45, 7) is 1.25. The number of unbranched alkanes of at least 4 members (excludes halogenated alkanes) is 3. The summed E-state index contributed by atoms with van der Waals surface area (Å²) >= 11 is 11.0. The number of nitrogens with zero attached hydrogens (tertiary/aromatic N) is 1. The van der Waals surface area contributed by atoms with Gasteiger partial charge in [0.2, 0.25) is 0 Å². The van der Waals surface area contributed by atoms with Crippen molar-refractivity contribution in [1.29, 1.82) is 0 Å². The summed E-state index contributed by atoms with van der Waals surface area (Å²) in [5.74, 6) is 1.44. The topological polar surface area (TPSA) is 38.7 Å². The molecule has 0 amide bonds. The van der Waals surface area contributed by atoms with Crippen LogP contribution < -0.4 is 4.74 Å². The first-order valence-electron chi connectivity index (χ1n) is 6.71. The molecule has 0 aliphatic carbocycles. The van der Waals surface area contributed by atoms with Crippen LogP contribution in [0.1, 0.15) is 36.0 Å². The first kappa shape index (κ1) is 17.0. The van der Waals surface area contributed by atoms with Gasteiger partial charge in [0.15, 0.2) is 0 Å². The van der Waals surface area contributed by atoms with Gasteiger partial charge in [-0.15, -0.1) is 11.6 Å². The van der Waals surface area contributed by atoms with Crippen molar-refractivity contribution in [2.75, 3.05) is 19.0 Å². The first-order chi connectivity index (χ1) is 9.74. The van der Waals surface area contributed by atoms with Crippen LogP contribution in [0.15, 0.2) is 29.3 Å². The Kier molecular flexibility index (Phi) is 9.09. The number of halogens is 2. The van der Waals surface area contributed by atoms with Gasteiger partial charge in [-0.3, -0.25) is 9.79 Å². The lowest BCUT2D eigenvalue weighted by Gasteiger charge is -2.02. The van der Waals surface area contributed by atoms with Crippen LogP contribution in [0.5, 0.6) is 5.75 Å². The van der Waals surface area contributed by atoms with E-state index in [4.69, 9.17) is 27.9 Å². The van der Waals surface area contributed by atoms with E-state index in [2.05, 4.69) is 4.99 Å². The molecule has 0 saturated heterocycles. The SMILES string of the molecule is O=C(Cl)c1ccc(OCC=NCCCCCCCl)cc1. The lowest BCUT2D eigenvalue weighted by Crippen LogP contribution is -1.99. The van der Waals surface area contributed by atoms with Crippen molar-refractivity contribution in [2.45, 2.75) is 25.7 Å². The number of hydrogen-bond donors (Lipinski definition) is 0. The lowest BCUT2D eigenvalue weighted by molar-refractivity contribution is 0.108. The van der Waals surface area contributed by atoms with Crippen LogP contribution in [0.4, 0.5) is 0 Å². The Hall–Kier alpha value is -1.06. The van der Waals surface area contributed by atoms with Gasteiger partial charge in [-0.1, -0.05) is 12.8 Å². The summed E-state index contributed by atoms with van der Waals surface area (Å²) in [6.07, 6.45) is 6.26. The van der Waals surface area contributed by atoms with Crippen molar-refractivity contribution in [3.05, 3.63) is 29.8 Å². The number of carbonyl (C=O) groups is 1. The summed E-state index contributed by atoms with van der Waals surface area (Å²) in [7, 11) is 0. The summed E-state index contributed by atoms with van der Waals surface area (Å²) in [4.78, 5) is 15.2. The molecule has 1 aromatic carbocycles. The van der Waals surface area contributed by atoms with E-state index in [0.29, 0.717) is 17.9 Å². The van der Waals surface area contributed by atoms with E-state index in [-0.39, 0.29) is 0 Å². The highest BCUT2D eigenvalue weighted by atomic mass is 35.5. The van der Waals surface area contributed by atoms with Gasteiger partial charge in [0.1, 0.15) is 12.4 Å². The van der Waals surface area contributed by atoms with Gasteiger partial charge in [-0.05, 0) is 48.7 Å². The molecule has 0 N–H and O–H groups in total. The van der Waals surface area contributed by atoms with Crippen molar-refractivity contribution >= 4 is 34.7 Å². The highest BCUT2D eigenvalue weighted by molar-refractivity contribution is 6.67. The standard InChI is InChI=1S/C15H19Cl2NO2/c16-9-3-1-2-4-10-18-11-12-20-14-7-5-13(6-8-14)15(17)19/h5-8,11H,1-4,9-10,12H2. The Balaban J connectivity index is 2.12. The summed E-state index contributed by atoms with van der Waals surface area (Å²) in [5.41, 5.74) is 0.463. The second kappa shape index (κ2) is 10.7. The Bertz CT molecular complexity index is 418. The fraction of sp³-hybridized carbons (Fsp3) is 0.467. The quantitative estimate of drug-likeness (QED) is 0.279. The number of carbonyl (C=O) groups excluding carboxylic acids is 1. The van der Waals surface area contributed by atoms with Crippen LogP contribution in [0.2, 0.25) is 0 Å². The number of benzene rings is 1. The highest BCUT2D eigenvalue weighted by Crippen LogP contribution is 2.13. The first-order valence-corrected chi connectivity index (χ1v) is 7.62. The zero-order valence-electron chi connectivity index (χ0n) is 11.4. The molecule has 0 spiro atoms. The van der Waals surface area contributed by atoms with Crippen molar-refractivity contribution in [2.24, 2.45) is 4.99 Å². The van der Waals surface area contributed by atoms with Crippen LogP contribution in [0.25, 0.3) is 0 Å². The molecular weight excluding hydrogens is 297 g/mol. The molecule has 0 heterocycles. The summed E-state index contributed by atoms with van der Waals surface area (Å²) in [6, 6.07) is 6.71. The molecule has 0 bridgehead atoms. The van der Waals surface area contributed by atoms with E-state index >= 15 is 0 Å². The fourth-order valence-electron chi connectivity index (χ4n) is 1.61. The minimum Gasteiger partial charge on any atom is -0.488 e. The summed E-state index contributed by atoms with van der Waals surface area (Å²) < 4.78 is 5.46. The van der Waals surface area contributed by atoms with Crippen LogP contribution >= 0.6 is 23.2 Å². The maximum absolute atomic E-state index is 10.9. The number of rotatable bonds is 10.